The van der Waals surface area contributed by atoms with Gasteiger partial charge in [0.15, 0.2) is 11.6 Å². The average Bonchev–Trinajstić information content (AvgIpc) is 2.89. The Morgan fingerprint density at radius 1 is 1.12 bits per heavy atom. The molecule has 10 heteroatoms. The molecule has 2 fully saturated rings. The highest BCUT2D eigenvalue weighted by atomic mass is 19.2. The summed E-state index contributed by atoms with van der Waals surface area (Å²) in [7, 11) is -1.08. The molecule has 2 saturated heterocycles. The van der Waals surface area contributed by atoms with E-state index in [1.54, 1.807) is 20.8 Å². The molecule has 7 nitrogen and oxygen atoms in total. The Labute approximate surface area is 194 Å². The van der Waals surface area contributed by atoms with Crippen LogP contribution in [0.1, 0.15) is 71.7 Å². The van der Waals surface area contributed by atoms with Crippen LogP contribution in [0.4, 0.5) is 13.6 Å². The van der Waals surface area contributed by atoms with Gasteiger partial charge in [-0.25, -0.2) is 13.6 Å². The zero-order chi connectivity index (χ0) is 24.8. The Bertz CT molecular complexity index is 916. The van der Waals surface area contributed by atoms with Gasteiger partial charge in [0, 0.05) is 24.6 Å². The van der Waals surface area contributed by atoms with Crippen molar-refractivity contribution in [1.82, 2.24) is 10.2 Å². The molecule has 0 saturated carbocycles. The number of hydrogen-bond acceptors (Lipinski definition) is 5. The van der Waals surface area contributed by atoms with Crippen molar-refractivity contribution in [1.29, 1.82) is 0 Å². The van der Waals surface area contributed by atoms with E-state index >= 15 is 0 Å². The first kappa shape index (κ1) is 25.4. The number of piperidine rings is 1. The summed E-state index contributed by atoms with van der Waals surface area (Å²) in [6.45, 7) is 13.1. The molecule has 3 rings (SSSR count). The van der Waals surface area contributed by atoms with E-state index in [9.17, 15) is 18.4 Å². The van der Waals surface area contributed by atoms with E-state index in [0.29, 0.717) is 19.4 Å². The van der Waals surface area contributed by atoms with Gasteiger partial charge in [0.1, 0.15) is 5.60 Å². The van der Waals surface area contributed by atoms with Crippen molar-refractivity contribution in [2.45, 2.75) is 84.2 Å². The van der Waals surface area contributed by atoms with Crippen LogP contribution in [0.3, 0.4) is 0 Å². The molecule has 1 aromatic carbocycles. The quantitative estimate of drug-likeness (QED) is 0.692. The second kappa shape index (κ2) is 8.87. The van der Waals surface area contributed by atoms with Crippen LogP contribution in [0, 0.1) is 11.6 Å². The Morgan fingerprint density at radius 2 is 1.73 bits per heavy atom. The maximum absolute atomic E-state index is 15.0. The van der Waals surface area contributed by atoms with Crippen molar-refractivity contribution >= 4 is 24.6 Å². The highest BCUT2D eigenvalue weighted by Gasteiger charge is 2.52. The number of rotatable bonds is 3. The van der Waals surface area contributed by atoms with Crippen molar-refractivity contribution in [3.63, 3.8) is 0 Å². The highest BCUT2D eigenvalue weighted by Crippen LogP contribution is 2.36. The Hall–Kier alpha value is -2.20. The van der Waals surface area contributed by atoms with Crippen LogP contribution in [0.15, 0.2) is 12.1 Å². The van der Waals surface area contributed by atoms with Crippen molar-refractivity contribution in [3.8, 4) is 0 Å². The second-order valence-electron chi connectivity index (χ2n) is 10.7. The number of benzene rings is 1. The average molecular weight is 466 g/mol. The molecule has 182 valence electrons. The number of alkyl carbamates (subject to hydrolysis) is 1. The van der Waals surface area contributed by atoms with Crippen LogP contribution < -0.4 is 10.8 Å². The lowest BCUT2D eigenvalue weighted by molar-refractivity contribution is 0.00578. The molecular weight excluding hydrogens is 433 g/mol. The fourth-order valence-corrected chi connectivity index (χ4v) is 3.81. The molecule has 1 atom stereocenters. The minimum absolute atomic E-state index is 0.0918. The Balaban J connectivity index is 1.73. The van der Waals surface area contributed by atoms with E-state index < -0.39 is 47.6 Å². The third-order valence-corrected chi connectivity index (χ3v) is 6.28. The standard InChI is InChI=1S/C23H33BF2N2O5/c1-21(2,3)31-20(30)27-14-9-8-12-28(13-14)19(29)15-10-11-16(18(26)17(15)25)24-32-22(4,5)23(6,7)33-24/h10-11,14H,8-9,12-13H2,1-7H3,(H,27,30)/t14-/m0/s1. The zero-order valence-electron chi connectivity index (χ0n) is 20.4. The molecule has 0 radical (unpaired) electrons. The first-order chi connectivity index (χ1) is 15.1. The molecular formula is C23H33BF2N2O5. The maximum Gasteiger partial charge on any atom is 0.497 e. The minimum Gasteiger partial charge on any atom is -0.444 e. The molecule has 0 unspecified atom stereocenters. The van der Waals surface area contributed by atoms with Gasteiger partial charge in [-0.1, -0.05) is 6.07 Å². The fraction of sp³-hybridized carbons (Fsp3) is 0.652. The van der Waals surface area contributed by atoms with E-state index in [4.69, 9.17) is 14.0 Å². The van der Waals surface area contributed by atoms with Crippen LogP contribution >= 0.6 is 0 Å². The number of ether oxygens (including phenoxy) is 1. The lowest BCUT2D eigenvalue weighted by Gasteiger charge is -2.33. The first-order valence-corrected chi connectivity index (χ1v) is 11.2. The number of nitrogens with one attached hydrogen (secondary N) is 1. The van der Waals surface area contributed by atoms with Crippen LogP contribution in [-0.4, -0.2) is 60.0 Å². The summed E-state index contributed by atoms with van der Waals surface area (Å²) in [4.78, 5) is 26.5. The Morgan fingerprint density at radius 3 is 2.30 bits per heavy atom. The van der Waals surface area contributed by atoms with Crippen molar-refractivity contribution in [2.24, 2.45) is 0 Å². The van der Waals surface area contributed by atoms with E-state index in [-0.39, 0.29) is 23.6 Å². The van der Waals surface area contributed by atoms with Gasteiger partial charge in [0.25, 0.3) is 5.91 Å². The summed E-state index contributed by atoms with van der Waals surface area (Å²) < 4.78 is 46.8. The number of likely N-dealkylation sites (tertiary alicyclic amines) is 1. The van der Waals surface area contributed by atoms with E-state index in [1.165, 1.54) is 17.0 Å². The summed E-state index contributed by atoms with van der Waals surface area (Å²) in [6.07, 6.45) is 0.689. The van der Waals surface area contributed by atoms with Gasteiger partial charge in [0.2, 0.25) is 0 Å². The first-order valence-electron chi connectivity index (χ1n) is 11.2. The molecule has 2 amide bonds. The Kier molecular flexibility index (Phi) is 6.83. The van der Waals surface area contributed by atoms with Crippen LogP contribution in [0.2, 0.25) is 0 Å². The second-order valence-corrected chi connectivity index (χ2v) is 10.7. The largest absolute Gasteiger partial charge is 0.497 e. The SMILES string of the molecule is CC(C)(C)OC(=O)N[C@H]1CCCN(C(=O)c2ccc(B3OC(C)(C)C(C)(C)O3)c(F)c2F)C1. The highest BCUT2D eigenvalue weighted by molar-refractivity contribution is 6.62. The van der Waals surface area contributed by atoms with E-state index in [0.717, 1.165) is 0 Å². The van der Waals surface area contributed by atoms with Gasteiger partial charge < -0.3 is 24.3 Å². The smallest absolute Gasteiger partial charge is 0.444 e. The lowest BCUT2D eigenvalue weighted by atomic mass is 9.78. The van der Waals surface area contributed by atoms with Gasteiger partial charge in [0.05, 0.1) is 16.8 Å². The topological polar surface area (TPSA) is 77.1 Å². The van der Waals surface area contributed by atoms with Crippen LogP contribution in [0.25, 0.3) is 0 Å². The van der Waals surface area contributed by atoms with Crippen molar-refractivity contribution in [2.75, 3.05) is 13.1 Å². The molecule has 1 aromatic rings. The molecule has 2 aliphatic heterocycles. The number of carbonyl (C=O) groups is 2. The van der Waals surface area contributed by atoms with Gasteiger partial charge in [-0.3, -0.25) is 4.79 Å². The fourth-order valence-electron chi connectivity index (χ4n) is 3.81. The predicted molar refractivity (Wildman–Crippen MR) is 120 cm³/mol. The molecule has 0 aromatic heterocycles. The zero-order valence-corrected chi connectivity index (χ0v) is 20.4. The third kappa shape index (κ3) is 5.49. The number of nitrogens with zero attached hydrogens (tertiary/aromatic N) is 1. The molecule has 0 aliphatic carbocycles. The minimum atomic E-state index is -1.24. The van der Waals surface area contributed by atoms with Gasteiger partial charge in [-0.05, 0) is 67.4 Å². The van der Waals surface area contributed by atoms with Gasteiger partial charge in [-0.15, -0.1) is 0 Å². The number of carbonyl (C=O) groups excluding carboxylic acids is 2. The molecule has 0 bridgehead atoms. The molecule has 1 N–H and O–H groups in total. The van der Waals surface area contributed by atoms with Crippen molar-refractivity contribution < 1.29 is 32.4 Å². The van der Waals surface area contributed by atoms with Crippen LogP contribution in [-0.2, 0) is 14.0 Å². The van der Waals surface area contributed by atoms with E-state index in [1.807, 2.05) is 27.7 Å². The summed E-state index contributed by atoms with van der Waals surface area (Å²) in [5.74, 6) is -3.04. The molecule has 2 aliphatic rings. The monoisotopic (exact) mass is 466 g/mol. The normalized spacial score (nSPS) is 22.3. The number of amides is 2. The molecule has 33 heavy (non-hydrogen) atoms. The summed E-state index contributed by atoms with van der Waals surface area (Å²) in [5, 5.41) is 2.74. The predicted octanol–water partition coefficient (Wildman–Crippen LogP) is 3.39. The summed E-state index contributed by atoms with van der Waals surface area (Å²) in [5.41, 5.74) is -2.53. The number of halogens is 2. The maximum atomic E-state index is 15.0. The van der Waals surface area contributed by atoms with Gasteiger partial charge in [-0.2, -0.15) is 0 Å². The third-order valence-electron chi connectivity index (χ3n) is 6.28. The molecule has 0 spiro atoms. The van der Waals surface area contributed by atoms with E-state index in [2.05, 4.69) is 5.32 Å². The summed E-state index contributed by atoms with van der Waals surface area (Å²) in [6, 6.07) is 2.25. The molecule has 2 heterocycles. The van der Waals surface area contributed by atoms with Crippen LogP contribution in [0.5, 0.6) is 0 Å². The van der Waals surface area contributed by atoms with Gasteiger partial charge >= 0.3 is 13.2 Å². The van der Waals surface area contributed by atoms with Crippen molar-refractivity contribution in [3.05, 3.63) is 29.3 Å². The lowest BCUT2D eigenvalue weighted by Crippen LogP contribution is -2.50. The summed E-state index contributed by atoms with van der Waals surface area (Å²) >= 11 is 0. The number of hydrogen-bond donors (Lipinski definition) is 1.